The van der Waals surface area contributed by atoms with Gasteiger partial charge in [0.25, 0.3) is 0 Å². The molecule has 1 saturated heterocycles. The summed E-state index contributed by atoms with van der Waals surface area (Å²) in [5, 5.41) is 3.63. The van der Waals surface area contributed by atoms with E-state index in [0.717, 1.165) is 24.7 Å². The van der Waals surface area contributed by atoms with Crippen molar-refractivity contribution in [2.45, 2.75) is 52.6 Å². The minimum Gasteiger partial charge on any atom is -0.352 e. The highest BCUT2D eigenvalue weighted by Crippen LogP contribution is 2.19. The lowest BCUT2D eigenvalue weighted by Crippen LogP contribution is -2.42. The summed E-state index contributed by atoms with van der Waals surface area (Å²) in [6.45, 7) is 12.2. The Kier molecular flexibility index (Phi) is 4.27. The number of likely N-dealkylation sites (tertiary alicyclic amines) is 1. The Morgan fingerprint density at radius 1 is 1.50 bits per heavy atom. The molecule has 2 heterocycles. The predicted octanol–water partition coefficient (Wildman–Crippen LogP) is 2.67. The van der Waals surface area contributed by atoms with Gasteiger partial charge in [0.05, 0.1) is 5.69 Å². The molecule has 0 amide bonds. The molecule has 1 aliphatic rings. The predicted molar refractivity (Wildman–Crippen MR) is 76.1 cm³/mol. The van der Waals surface area contributed by atoms with Crippen LogP contribution in [0.5, 0.6) is 0 Å². The molecule has 0 aromatic carbocycles. The van der Waals surface area contributed by atoms with E-state index in [1.54, 1.807) is 0 Å². The fraction of sp³-hybridized carbons (Fsp3) is 0.786. The Morgan fingerprint density at radius 2 is 2.28 bits per heavy atom. The summed E-state index contributed by atoms with van der Waals surface area (Å²) in [5.41, 5.74) is 1.09. The summed E-state index contributed by atoms with van der Waals surface area (Å²) in [7, 11) is 0. The Bertz CT molecular complexity index is 383. The third-order valence-corrected chi connectivity index (χ3v) is 3.70. The van der Waals surface area contributed by atoms with Crippen molar-refractivity contribution in [3.63, 3.8) is 0 Å². The van der Waals surface area contributed by atoms with Crippen LogP contribution in [0.15, 0.2) is 6.20 Å². The maximum absolute atomic E-state index is 4.61. The van der Waals surface area contributed by atoms with Gasteiger partial charge in [0.2, 0.25) is 5.95 Å². The van der Waals surface area contributed by atoms with Crippen LogP contribution in [-0.4, -0.2) is 40.1 Å². The molecule has 4 heteroatoms. The Labute approximate surface area is 110 Å². The average Bonchev–Trinajstić information content (AvgIpc) is 2.70. The van der Waals surface area contributed by atoms with Crippen LogP contribution >= 0.6 is 0 Å². The molecule has 0 spiro atoms. The summed E-state index contributed by atoms with van der Waals surface area (Å²) >= 11 is 0. The van der Waals surface area contributed by atoms with Gasteiger partial charge in [-0.3, -0.25) is 0 Å². The normalized spacial score (nSPS) is 21.5. The molecule has 1 atom stereocenters. The van der Waals surface area contributed by atoms with Crippen LogP contribution in [0.2, 0.25) is 0 Å². The van der Waals surface area contributed by atoms with Gasteiger partial charge in [0.1, 0.15) is 0 Å². The number of anilines is 1. The van der Waals surface area contributed by atoms with Crippen LogP contribution < -0.4 is 5.32 Å². The van der Waals surface area contributed by atoms with Gasteiger partial charge >= 0.3 is 0 Å². The first-order valence-electron chi connectivity index (χ1n) is 7.14. The van der Waals surface area contributed by atoms with E-state index in [1.807, 2.05) is 0 Å². The number of imidazole rings is 1. The van der Waals surface area contributed by atoms with Crippen molar-refractivity contribution in [2.24, 2.45) is 0 Å². The van der Waals surface area contributed by atoms with Gasteiger partial charge in [-0.15, -0.1) is 0 Å². The monoisotopic (exact) mass is 250 g/mol. The van der Waals surface area contributed by atoms with Crippen molar-refractivity contribution in [1.82, 2.24) is 14.5 Å². The van der Waals surface area contributed by atoms with Gasteiger partial charge in [-0.05, 0) is 46.7 Å². The SMILES string of the molecule is CCN1CCCC(Nc2nc(C)cn2C(C)C)C1. The van der Waals surface area contributed by atoms with Crippen LogP contribution in [0.1, 0.15) is 45.3 Å². The lowest BCUT2D eigenvalue weighted by Gasteiger charge is -2.32. The van der Waals surface area contributed by atoms with E-state index in [9.17, 15) is 0 Å². The lowest BCUT2D eigenvalue weighted by atomic mass is 10.1. The second-order valence-electron chi connectivity index (χ2n) is 5.58. The van der Waals surface area contributed by atoms with Crippen LogP contribution in [0.4, 0.5) is 5.95 Å². The summed E-state index contributed by atoms with van der Waals surface area (Å²) < 4.78 is 2.24. The molecular formula is C14H26N4. The van der Waals surface area contributed by atoms with E-state index in [-0.39, 0.29) is 0 Å². The Morgan fingerprint density at radius 3 is 2.94 bits per heavy atom. The Balaban J connectivity index is 2.04. The van der Waals surface area contributed by atoms with E-state index in [1.165, 1.54) is 19.4 Å². The van der Waals surface area contributed by atoms with Crippen molar-refractivity contribution in [3.8, 4) is 0 Å². The van der Waals surface area contributed by atoms with Crippen LogP contribution in [-0.2, 0) is 0 Å². The third kappa shape index (κ3) is 3.05. The van der Waals surface area contributed by atoms with Crippen LogP contribution in [0, 0.1) is 6.92 Å². The van der Waals surface area contributed by atoms with Gasteiger partial charge < -0.3 is 14.8 Å². The summed E-state index contributed by atoms with van der Waals surface area (Å²) in [4.78, 5) is 7.12. The van der Waals surface area contributed by atoms with E-state index in [2.05, 4.69) is 53.7 Å². The lowest BCUT2D eigenvalue weighted by molar-refractivity contribution is 0.226. The molecule has 4 nitrogen and oxygen atoms in total. The summed E-state index contributed by atoms with van der Waals surface area (Å²) in [6, 6.07) is 0.998. The number of likely N-dealkylation sites (N-methyl/N-ethyl adjacent to an activating group) is 1. The smallest absolute Gasteiger partial charge is 0.203 e. The summed E-state index contributed by atoms with van der Waals surface area (Å²) in [5.74, 6) is 1.03. The molecule has 1 fully saturated rings. The van der Waals surface area contributed by atoms with E-state index < -0.39 is 0 Å². The number of nitrogens with zero attached hydrogens (tertiary/aromatic N) is 3. The molecule has 1 aromatic heterocycles. The maximum atomic E-state index is 4.61. The third-order valence-electron chi connectivity index (χ3n) is 3.70. The van der Waals surface area contributed by atoms with Crippen molar-refractivity contribution < 1.29 is 0 Å². The first-order valence-corrected chi connectivity index (χ1v) is 7.14. The molecule has 0 saturated carbocycles. The molecule has 1 aliphatic heterocycles. The van der Waals surface area contributed by atoms with Gasteiger partial charge in [0, 0.05) is 24.8 Å². The zero-order valence-corrected chi connectivity index (χ0v) is 12.1. The number of nitrogens with one attached hydrogen (secondary N) is 1. The van der Waals surface area contributed by atoms with Crippen molar-refractivity contribution >= 4 is 5.95 Å². The minimum absolute atomic E-state index is 0.458. The topological polar surface area (TPSA) is 33.1 Å². The molecule has 1 unspecified atom stereocenters. The van der Waals surface area contributed by atoms with E-state index in [0.29, 0.717) is 12.1 Å². The molecule has 0 aliphatic carbocycles. The highest BCUT2D eigenvalue weighted by molar-refractivity contribution is 5.31. The number of aromatic nitrogens is 2. The van der Waals surface area contributed by atoms with Gasteiger partial charge in [-0.1, -0.05) is 6.92 Å². The van der Waals surface area contributed by atoms with Gasteiger partial charge in [0.15, 0.2) is 0 Å². The molecular weight excluding hydrogens is 224 g/mol. The second kappa shape index (κ2) is 5.74. The number of hydrogen-bond donors (Lipinski definition) is 1. The largest absolute Gasteiger partial charge is 0.352 e. The first-order chi connectivity index (χ1) is 8.60. The average molecular weight is 250 g/mol. The second-order valence-corrected chi connectivity index (χ2v) is 5.58. The van der Waals surface area contributed by atoms with Gasteiger partial charge in [-0.25, -0.2) is 4.98 Å². The van der Waals surface area contributed by atoms with Crippen LogP contribution in [0.25, 0.3) is 0 Å². The quantitative estimate of drug-likeness (QED) is 0.892. The van der Waals surface area contributed by atoms with Crippen LogP contribution in [0.3, 0.4) is 0 Å². The maximum Gasteiger partial charge on any atom is 0.203 e. The molecule has 18 heavy (non-hydrogen) atoms. The Hall–Kier alpha value is -1.03. The first kappa shape index (κ1) is 13.4. The number of aryl methyl sites for hydroxylation is 1. The summed E-state index contributed by atoms with van der Waals surface area (Å²) in [6.07, 6.45) is 4.67. The zero-order valence-electron chi connectivity index (χ0n) is 12.1. The fourth-order valence-electron chi connectivity index (χ4n) is 2.66. The van der Waals surface area contributed by atoms with Gasteiger partial charge in [-0.2, -0.15) is 0 Å². The molecule has 0 bridgehead atoms. The number of hydrogen-bond acceptors (Lipinski definition) is 3. The van der Waals surface area contributed by atoms with E-state index >= 15 is 0 Å². The number of rotatable bonds is 4. The highest BCUT2D eigenvalue weighted by Gasteiger charge is 2.20. The fourth-order valence-corrected chi connectivity index (χ4v) is 2.66. The molecule has 1 N–H and O–H groups in total. The van der Waals surface area contributed by atoms with E-state index in [4.69, 9.17) is 0 Å². The molecule has 0 radical (unpaired) electrons. The van der Waals surface area contributed by atoms with Crippen molar-refractivity contribution in [2.75, 3.05) is 25.0 Å². The molecule has 1 aromatic rings. The zero-order chi connectivity index (χ0) is 13.1. The van der Waals surface area contributed by atoms with Crippen molar-refractivity contribution in [1.29, 1.82) is 0 Å². The minimum atomic E-state index is 0.458. The number of piperidine rings is 1. The highest BCUT2D eigenvalue weighted by atomic mass is 15.2. The van der Waals surface area contributed by atoms with Crippen molar-refractivity contribution in [3.05, 3.63) is 11.9 Å². The molecule has 102 valence electrons. The molecule has 2 rings (SSSR count). The standard InChI is InChI=1S/C14H26N4/c1-5-17-8-6-7-13(10-17)16-14-15-12(4)9-18(14)11(2)3/h9,11,13H,5-8,10H2,1-4H3,(H,15,16).